The van der Waals surface area contributed by atoms with E-state index in [1.165, 1.54) is 19.3 Å². The number of ether oxygens (including phenoxy) is 4. The summed E-state index contributed by atoms with van der Waals surface area (Å²) in [5, 5.41) is 0.753. The summed E-state index contributed by atoms with van der Waals surface area (Å²) in [6.07, 6.45) is 4.54. The van der Waals surface area contributed by atoms with Crippen LogP contribution in [0.15, 0.2) is 69.9 Å². The van der Waals surface area contributed by atoms with Crippen molar-refractivity contribution in [1.29, 1.82) is 0 Å². The second-order valence-corrected chi connectivity index (χ2v) is 10.1. The number of methoxy groups -OCH3 is 2. The summed E-state index contributed by atoms with van der Waals surface area (Å²) in [7, 11) is 3.27. The fourth-order valence-corrected chi connectivity index (χ4v) is 5.92. The Bertz CT molecular complexity index is 1520. The molecule has 4 aromatic rings. The smallest absolute Gasteiger partial charge is 0.336 e. The lowest BCUT2D eigenvalue weighted by Gasteiger charge is -2.29. The van der Waals surface area contributed by atoms with E-state index in [9.17, 15) is 4.79 Å². The molecule has 0 bridgehead atoms. The molecule has 6 rings (SSSR count). The Morgan fingerprint density at radius 2 is 1.64 bits per heavy atom. The van der Waals surface area contributed by atoms with Crippen molar-refractivity contribution in [1.82, 2.24) is 4.90 Å². The van der Waals surface area contributed by atoms with Crippen LogP contribution in [0.25, 0.3) is 22.1 Å². The van der Waals surface area contributed by atoms with Crippen LogP contribution in [0.1, 0.15) is 42.7 Å². The van der Waals surface area contributed by atoms with E-state index in [4.69, 9.17) is 23.4 Å². The van der Waals surface area contributed by atoms with Crippen LogP contribution in [0.3, 0.4) is 0 Å². The van der Waals surface area contributed by atoms with Crippen LogP contribution < -0.4 is 24.6 Å². The summed E-state index contributed by atoms with van der Waals surface area (Å²) in [5.74, 6) is 2.54. The van der Waals surface area contributed by atoms with Gasteiger partial charge in [0.1, 0.15) is 17.1 Å². The molecule has 39 heavy (non-hydrogen) atoms. The molecule has 2 aliphatic heterocycles. The molecular weight excluding hydrogens is 494 g/mol. The average Bonchev–Trinajstić information content (AvgIpc) is 3.46. The molecule has 1 aromatic heterocycles. The van der Waals surface area contributed by atoms with Gasteiger partial charge in [0.05, 0.1) is 19.6 Å². The van der Waals surface area contributed by atoms with Crippen molar-refractivity contribution in [2.75, 3.05) is 40.6 Å². The van der Waals surface area contributed by atoms with Crippen molar-refractivity contribution >= 4 is 11.0 Å². The number of fused-ring (bicyclic) bond motifs is 2. The highest BCUT2D eigenvalue weighted by Crippen LogP contribution is 2.47. The van der Waals surface area contributed by atoms with E-state index < -0.39 is 5.63 Å². The summed E-state index contributed by atoms with van der Waals surface area (Å²) < 4.78 is 29.2. The van der Waals surface area contributed by atoms with Gasteiger partial charge >= 0.3 is 5.63 Å². The Morgan fingerprint density at radius 3 is 2.41 bits per heavy atom. The van der Waals surface area contributed by atoms with Crippen LogP contribution in [0, 0.1) is 0 Å². The molecule has 1 atom stereocenters. The van der Waals surface area contributed by atoms with Crippen LogP contribution in [0.2, 0.25) is 0 Å². The molecule has 0 amide bonds. The number of hydrogen-bond acceptors (Lipinski definition) is 7. The number of benzene rings is 3. The van der Waals surface area contributed by atoms with Crippen LogP contribution in [0.5, 0.6) is 23.0 Å². The molecule has 0 N–H and O–H groups in total. The number of rotatable bonds is 8. The van der Waals surface area contributed by atoms with Crippen molar-refractivity contribution in [2.24, 2.45) is 0 Å². The Kier molecular flexibility index (Phi) is 7.16. The lowest BCUT2D eigenvalue weighted by molar-refractivity contribution is 0.174. The van der Waals surface area contributed by atoms with Crippen molar-refractivity contribution in [2.45, 2.75) is 31.6 Å². The van der Waals surface area contributed by atoms with Gasteiger partial charge in [-0.25, -0.2) is 4.79 Å². The quantitative estimate of drug-likeness (QED) is 0.252. The Morgan fingerprint density at radius 1 is 0.872 bits per heavy atom. The second-order valence-electron chi connectivity index (χ2n) is 10.1. The highest BCUT2D eigenvalue weighted by atomic mass is 16.7. The first-order chi connectivity index (χ1) is 19.2. The minimum atomic E-state index is -0.418. The minimum Gasteiger partial charge on any atom is -0.496 e. The molecule has 0 saturated carbocycles. The maximum absolute atomic E-state index is 13.1. The molecule has 0 radical (unpaired) electrons. The van der Waals surface area contributed by atoms with E-state index in [0.717, 1.165) is 65.2 Å². The largest absolute Gasteiger partial charge is 0.496 e. The number of nitrogens with zero attached hydrogens (tertiary/aromatic N) is 1. The summed E-state index contributed by atoms with van der Waals surface area (Å²) >= 11 is 0. The van der Waals surface area contributed by atoms with Gasteiger partial charge in [0.15, 0.2) is 11.5 Å². The molecule has 0 aliphatic carbocycles. The van der Waals surface area contributed by atoms with E-state index in [0.29, 0.717) is 17.1 Å². The third-order valence-corrected chi connectivity index (χ3v) is 7.83. The lowest BCUT2D eigenvalue weighted by Crippen LogP contribution is -2.31. The van der Waals surface area contributed by atoms with Gasteiger partial charge in [0.25, 0.3) is 0 Å². The van der Waals surface area contributed by atoms with Gasteiger partial charge in [0, 0.05) is 29.2 Å². The number of hydrogen-bond donors (Lipinski definition) is 0. The molecule has 202 valence electrons. The third kappa shape index (κ3) is 4.94. The van der Waals surface area contributed by atoms with Crippen molar-refractivity contribution in [3.63, 3.8) is 0 Å². The SMILES string of the molecule is COc1cc(OC)c2c(-c3ccccc3)cc(=O)oc2c1[C@H](CCN1CCCCC1)c1ccc2c(c1)OCO2. The van der Waals surface area contributed by atoms with Crippen molar-refractivity contribution in [3.8, 4) is 34.1 Å². The summed E-state index contributed by atoms with van der Waals surface area (Å²) in [4.78, 5) is 15.6. The lowest BCUT2D eigenvalue weighted by atomic mass is 9.85. The van der Waals surface area contributed by atoms with Crippen LogP contribution in [0.4, 0.5) is 0 Å². The Hall–Kier alpha value is -3.97. The Balaban J connectivity index is 1.57. The predicted octanol–water partition coefficient (Wildman–Crippen LogP) is 6.21. The second kappa shape index (κ2) is 11.0. The van der Waals surface area contributed by atoms with Gasteiger partial charge in [-0.15, -0.1) is 0 Å². The third-order valence-electron chi connectivity index (χ3n) is 7.83. The molecule has 1 saturated heterocycles. The predicted molar refractivity (Wildman–Crippen MR) is 150 cm³/mol. The monoisotopic (exact) mass is 527 g/mol. The highest BCUT2D eigenvalue weighted by molar-refractivity contribution is 6.00. The first-order valence-electron chi connectivity index (χ1n) is 13.6. The highest BCUT2D eigenvalue weighted by Gasteiger charge is 2.29. The zero-order valence-corrected chi connectivity index (χ0v) is 22.4. The fourth-order valence-electron chi connectivity index (χ4n) is 5.92. The van der Waals surface area contributed by atoms with Gasteiger partial charge in [-0.05, 0) is 62.2 Å². The standard InChI is InChI=1S/C32H33NO6/c1-35-27-19-28(36-2)31-24(21-9-5-3-6-10-21)18-29(34)39-32(31)30(27)23(13-16-33-14-7-4-8-15-33)22-11-12-25-26(17-22)38-20-37-25/h3,5-6,9-12,17-19,23H,4,7-8,13-16,20H2,1-2H3/t23-/m1/s1. The van der Waals surface area contributed by atoms with E-state index >= 15 is 0 Å². The minimum absolute atomic E-state index is 0.126. The van der Waals surface area contributed by atoms with E-state index in [-0.39, 0.29) is 12.7 Å². The summed E-state index contributed by atoms with van der Waals surface area (Å²) in [6, 6.07) is 19.4. The molecule has 1 fully saturated rings. The van der Waals surface area contributed by atoms with E-state index in [2.05, 4.69) is 11.0 Å². The maximum Gasteiger partial charge on any atom is 0.336 e. The summed E-state index contributed by atoms with van der Waals surface area (Å²) in [5.41, 5.74) is 3.63. The van der Waals surface area contributed by atoms with E-state index in [1.54, 1.807) is 20.3 Å². The molecule has 0 spiro atoms. The van der Waals surface area contributed by atoms with Crippen LogP contribution in [-0.2, 0) is 0 Å². The number of likely N-dealkylation sites (tertiary alicyclic amines) is 1. The average molecular weight is 528 g/mol. The van der Waals surface area contributed by atoms with Gasteiger partial charge < -0.3 is 28.3 Å². The first kappa shape index (κ1) is 25.3. The van der Waals surface area contributed by atoms with Gasteiger partial charge in [-0.1, -0.05) is 42.8 Å². The zero-order chi connectivity index (χ0) is 26.8. The molecule has 3 aromatic carbocycles. The van der Waals surface area contributed by atoms with E-state index in [1.807, 2.05) is 48.5 Å². The first-order valence-corrected chi connectivity index (χ1v) is 13.6. The number of piperidine rings is 1. The molecule has 7 nitrogen and oxygen atoms in total. The van der Waals surface area contributed by atoms with Gasteiger partial charge in [-0.3, -0.25) is 0 Å². The van der Waals surface area contributed by atoms with Crippen LogP contribution in [-0.4, -0.2) is 45.5 Å². The van der Waals surface area contributed by atoms with Gasteiger partial charge in [-0.2, -0.15) is 0 Å². The summed E-state index contributed by atoms with van der Waals surface area (Å²) in [6.45, 7) is 3.32. The zero-order valence-electron chi connectivity index (χ0n) is 22.4. The topological polar surface area (TPSA) is 70.4 Å². The fraction of sp³-hybridized carbons (Fsp3) is 0.344. The molecule has 7 heteroatoms. The van der Waals surface area contributed by atoms with Crippen molar-refractivity contribution < 1.29 is 23.4 Å². The van der Waals surface area contributed by atoms with Crippen molar-refractivity contribution in [3.05, 3.63) is 82.2 Å². The van der Waals surface area contributed by atoms with Gasteiger partial charge in [0.2, 0.25) is 6.79 Å². The van der Waals surface area contributed by atoms with Crippen LogP contribution >= 0.6 is 0 Å². The Labute approximate surface area is 227 Å². The maximum atomic E-state index is 13.1. The molecule has 3 heterocycles. The molecule has 2 aliphatic rings. The molecular formula is C32H33NO6. The normalized spacial score (nSPS) is 15.8. The molecule has 0 unspecified atom stereocenters.